The van der Waals surface area contributed by atoms with Crippen molar-refractivity contribution in [2.75, 3.05) is 0 Å². The Morgan fingerprint density at radius 1 is 0.742 bits per heavy atom. The van der Waals surface area contributed by atoms with Gasteiger partial charge in [-0.3, -0.25) is 0 Å². The van der Waals surface area contributed by atoms with Gasteiger partial charge in [-0.05, 0) is 88.8 Å². The van der Waals surface area contributed by atoms with Gasteiger partial charge in [0.2, 0.25) is 0 Å². The molecule has 6 rings (SSSR count). The van der Waals surface area contributed by atoms with E-state index in [1.807, 2.05) is 0 Å². The maximum absolute atomic E-state index is 2.54. The molecule has 0 spiro atoms. The molecule has 0 amide bonds. The Morgan fingerprint density at radius 3 is 2.16 bits per heavy atom. The topological polar surface area (TPSA) is 0 Å². The van der Waals surface area contributed by atoms with Crippen LogP contribution in [0.3, 0.4) is 0 Å². The van der Waals surface area contributed by atoms with Crippen molar-refractivity contribution in [1.29, 1.82) is 0 Å². The van der Waals surface area contributed by atoms with Crippen LogP contribution in [0.15, 0.2) is 91.0 Å². The lowest BCUT2D eigenvalue weighted by molar-refractivity contribution is 0.253. The molecule has 0 aliphatic heterocycles. The first-order valence-electron chi connectivity index (χ1n) is 11.7. The summed E-state index contributed by atoms with van der Waals surface area (Å²) >= 11 is 0. The van der Waals surface area contributed by atoms with E-state index in [0.29, 0.717) is 5.41 Å². The summed E-state index contributed by atoms with van der Waals surface area (Å²) in [5, 5.41) is 7.19. The van der Waals surface area contributed by atoms with Crippen LogP contribution in [0.2, 0.25) is 0 Å². The Kier molecular flexibility index (Phi) is 4.73. The highest BCUT2D eigenvalue weighted by Gasteiger charge is 2.43. The molecule has 0 radical (unpaired) electrons. The standard InChI is InChI=1S/C30H29P/c1-30-19-8-13-29(30)28-16-14-22-21-25(15-17-26(22)27(28)18-20-30)31(23-9-4-2-5-10-23)24-11-6-3-7-12-24/h2-7,9-12,14-17,21,29H,8,13,18-20H2,1H3/t29-,30-/m0/s1. The number of hydrogen-bond donors (Lipinski definition) is 0. The van der Waals surface area contributed by atoms with Gasteiger partial charge in [0, 0.05) is 0 Å². The maximum Gasteiger partial charge on any atom is -0.0105 e. The fraction of sp³-hybridized carbons (Fsp3) is 0.267. The van der Waals surface area contributed by atoms with Gasteiger partial charge in [0.05, 0.1) is 0 Å². The minimum Gasteiger partial charge on any atom is -0.0622 e. The van der Waals surface area contributed by atoms with Gasteiger partial charge in [0.15, 0.2) is 0 Å². The van der Waals surface area contributed by atoms with Crippen LogP contribution in [-0.4, -0.2) is 0 Å². The van der Waals surface area contributed by atoms with Crippen LogP contribution in [0.4, 0.5) is 0 Å². The Hall–Kier alpha value is -2.43. The van der Waals surface area contributed by atoms with Gasteiger partial charge < -0.3 is 0 Å². The Balaban J connectivity index is 1.48. The maximum atomic E-state index is 2.54. The van der Waals surface area contributed by atoms with Crippen LogP contribution in [0.1, 0.15) is 49.7 Å². The molecule has 4 aromatic rings. The van der Waals surface area contributed by atoms with E-state index in [1.54, 1.807) is 11.1 Å². The van der Waals surface area contributed by atoms with Gasteiger partial charge in [-0.25, -0.2) is 0 Å². The summed E-state index contributed by atoms with van der Waals surface area (Å²) in [5.41, 5.74) is 3.83. The third-order valence-corrected chi connectivity index (χ3v) is 10.3. The summed E-state index contributed by atoms with van der Waals surface area (Å²) in [6.07, 6.45) is 6.78. The van der Waals surface area contributed by atoms with Crippen molar-refractivity contribution in [2.45, 2.75) is 44.9 Å². The van der Waals surface area contributed by atoms with E-state index < -0.39 is 7.92 Å². The van der Waals surface area contributed by atoms with E-state index in [2.05, 4.69) is 97.9 Å². The molecule has 0 bridgehead atoms. The number of fused-ring (bicyclic) bond motifs is 5. The molecule has 154 valence electrons. The van der Waals surface area contributed by atoms with Crippen molar-refractivity contribution in [1.82, 2.24) is 0 Å². The number of benzene rings is 4. The van der Waals surface area contributed by atoms with Gasteiger partial charge in [0.1, 0.15) is 0 Å². The molecule has 0 aromatic heterocycles. The van der Waals surface area contributed by atoms with E-state index in [-0.39, 0.29) is 0 Å². The Bertz CT molecular complexity index is 1190. The zero-order chi connectivity index (χ0) is 20.8. The van der Waals surface area contributed by atoms with E-state index in [1.165, 1.54) is 58.8 Å². The van der Waals surface area contributed by atoms with Crippen molar-refractivity contribution in [3.63, 3.8) is 0 Å². The van der Waals surface area contributed by atoms with Gasteiger partial charge in [-0.15, -0.1) is 0 Å². The van der Waals surface area contributed by atoms with Crippen molar-refractivity contribution < 1.29 is 0 Å². The predicted molar refractivity (Wildman–Crippen MR) is 136 cm³/mol. The lowest BCUT2D eigenvalue weighted by atomic mass is 9.66. The highest BCUT2D eigenvalue weighted by molar-refractivity contribution is 7.79. The lowest BCUT2D eigenvalue weighted by Gasteiger charge is -2.38. The first-order chi connectivity index (χ1) is 15.2. The molecule has 2 atom stereocenters. The van der Waals surface area contributed by atoms with E-state index in [4.69, 9.17) is 0 Å². The zero-order valence-corrected chi connectivity index (χ0v) is 19.1. The second kappa shape index (κ2) is 7.61. The molecule has 0 N–H and O–H groups in total. The molecule has 0 nitrogen and oxygen atoms in total. The molecule has 1 heteroatoms. The summed E-state index contributed by atoms with van der Waals surface area (Å²) in [5.74, 6) is 0.770. The lowest BCUT2D eigenvalue weighted by Crippen LogP contribution is -2.26. The van der Waals surface area contributed by atoms with Gasteiger partial charge >= 0.3 is 0 Å². The summed E-state index contributed by atoms with van der Waals surface area (Å²) in [7, 11) is -0.548. The smallest absolute Gasteiger partial charge is 0.0105 e. The molecule has 4 aromatic carbocycles. The van der Waals surface area contributed by atoms with Crippen molar-refractivity contribution >= 4 is 34.6 Å². The molecule has 1 saturated carbocycles. The Labute approximate surface area is 187 Å². The van der Waals surface area contributed by atoms with Crippen LogP contribution < -0.4 is 15.9 Å². The zero-order valence-electron chi connectivity index (χ0n) is 18.2. The summed E-state index contributed by atoms with van der Waals surface area (Å²) < 4.78 is 0. The average molecular weight is 421 g/mol. The first kappa shape index (κ1) is 19.3. The second-order valence-electron chi connectivity index (χ2n) is 9.64. The fourth-order valence-corrected chi connectivity index (χ4v) is 8.54. The van der Waals surface area contributed by atoms with Gasteiger partial charge in [-0.1, -0.05) is 98.3 Å². The number of rotatable bonds is 3. The van der Waals surface area contributed by atoms with Crippen LogP contribution in [0.5, 0.6) is 0 Å². The third-order valence-electron chi connectivity index (χ3n) is 7.84. The largest absolute Gasteiger partial charge is 0.0622 e. The minimum absolute atomic E-state index is 0.537. The average Bonchev–Trinajstić information content (AvgIpc) is 3.22. The molecule has 0 unspecified atom stereocenters. The molecule has 31 heavy (non-hydrogen) atoms. The molecule has 2 aliphatic rings. The van der Waals surface area contributed by atoms with Crippen LogP contribution >= 0.6 is 7.92 Å². The second-order valence-corrected chi connectivity index (χ2v) is 11.9. The molecule has 1 fully saturated rings. The van der Waals surface area contributed by atoms with E-state index in [0.717, 1.165) is 5.92 Å². The molecular formula is C30H29P. The van der Waals surface area contributed by atoms with E-state index in [9.17, 15) is 0 Å². The minimum atomic E-state index is -0.548. The highest BCUT2D eigenvalue weighted by atomic mass is 31.1. The first-order valence-corrected chi connectivity index (χ1v) is 13.0. The van der Waals surface area contributed by atoms with E-state index >= 15 is 0 Å². The van der Waals surface area contributed by atoms with Crippen LogP contribution in [-0.2, 0) is 6.42 Å². The monoisotopic (exact) mass is 420 g/mol. The van der Waals surface area contributed by atoms with Crippen molar-refractivity contribution in [3.05, 3.63) is 102 Å². The molecule has 0 heterocycles. The fourth-order valence-electron chi connectivity index (χ4n) is 6.22. The number of aryl methyl sites for hydroxylation is 1. The summed E-state index contributed by atoms with van der Waals surface area (Å²) in [6.45, 7) is 2.54. The number of hydrogen-bond acceptors (Lipinski definition) is 0. The highest BCUT2D eigenvalue weighted by Crippen LogP contribution is 2.56. The quantitative estimate of drug-likeness (QED) is 0.319. The summed E-state index contributed by atoms with van der Waals surface area (Å²) in [4.78, 5) is 0. The summed E-state index contributed by atoms with van der Waals surface area (Å²) in [6, 6.07) is 34.3. The molecular weight excluding hydrogens is 391 g/mol. The van der Waals surface area contributed by atoms with Crippen LogP contribution in [0.25, 0.3) is 10.8 Å². The predicted octanol–water partition coefficient (Wildman–Crippen LogP) is 6.82. The van der Waals surface area contributed by atoms with Crippen molar-refractivity contribution in [3.8, 4) is 0 Å². The van der Waals surface area contributed by atoms with Gasteiger partial charge in [-0.2, -0.15) is 0 Å². The molecule has 2 aliphatic carbocycles. The Morgan fingerprint density at radius 2 is 1.45 bits per heavy atom. The molecule has 0 saturated heterocycles. The SMILES string of the molecule is C[C@@]12CCC[C@H]1c1ccc3cc(P(c4ccccc4)c4ccccc4)ccc3c1CC2. The third kappa shape index (κ3) is 3.24. The van der Waals surface area contributed by atoms with Gasteiger partial charge in [0.25, 0.3) is 0 Å². The van der Waals surface area contributed by atoms with Crippen LogP contribution in [0, 0.1) is 5.41 Å². The van der Waals surface area contributed by atoms with Crippen molar-refractivity contribution in [2.24, 2.45) is 5.41 Å². The normalized spacial score (nSPS) is 22.5.